The molecule has 0 heterocycles. The number of hydrogen-bond donors (Lipinski definition) is 3. The van der Waals surface area contributed by atoms with Crippen molar-refractivity contribution in [2.24, 2.45) is 5.73 Å². The summed E-state index contributed by atoms with van der Waals surface area (Å²) in [6.07, 6.45) is 0. The van der Waals surface area contributed by atoms with Crippen molar-refractivity contribution in [1.29, 1.82) is 0 Å². The second-order valence-corrected chi connectivity index (χ2v) is 12.7. The minimum absolute atomic E-state index is 0.0730. The van der Waals surface area contributed by atoms with E-state index in [4.69, 9.17) is 5.73 Å². The second kappa shape index (κ2) is 11.9. The van der Waals surface area contributed by atoms with Gasteiger partial charge in [-0.3, -0.25) is 4.79 Å². The fraction of sp³-hybridized carbons (Fsp3) is 0. The van der Waals surface area contributed by atoms with Crippen LogP contribution in [0.1, 0.15) is 10.4 Å². The van der Waals surface area contributed by atoms with Crippen LogP contribution in [-0.2, 0) is 0 Å². The predicted octanol–water partition coefficient (Wildman–Crippen LogP) is 5.66. The zero-order valence-corrected chi connectivity index (χ0v) is 22.7. The fourth-order valence-corrected chi connectivity index (χ4v) is 9.19. The maximum atomic E-state index is 10.9. The molecule has 0 atom stereocenters. The molecule has 0 saturated carbocycles. The number of phenolic OH excluding ortho intramolecular Hbond substituents is 1. The van der Waals surface area contributed by atoms with Gasteiger partial charge in [0, 0.05) is 0 Å². The number of aromatic hydroxyl groups is 2. The molecule has 40 heavy (non-hydrogen) atoms. The number of rotatable bonds is 5. The smallest absolute Gasteiger partial charge is 0.252 e. The Morgan fingerprint density at radius 1 is 0.500 bits per heavy atom. The molecule has 0 radical (unpaired) electrons. The summed E-state index contributed by atoms with van der Waals surface area (Å²) in [6.45, 7) is 0. The highest BCUT2D eigenvalue weighted by Crippen LogP contribution is 2.54. The first kappa shape index (κ1) is 26.7. The van der Waals surface area contributed by atoms with Crippen molar-refractivity contribution in [2.45, 2.75) is 0 Å². The van der Waals surface area contributed by atoms with Gasteiger partial charge in [0.25, 0.3) is 5.91 Å². The lowest BCUT2D eigenvalue weighted by molar-refractivity contribution is 0.0998. The predicted molar refractivity (Wildman–Crippen MR) is 167 cm³/mol. The summed E-state index contributed by atoms with van der Waals surface area (Å²) in [5.41, 5.74) is 5.26. The molecule has 0 saturated heterocycles. The maximum Gasteiger partial charge on any atom is 0.252 e. The van der Waals surface area contributed by atoms with Crippen molar-refractivity contribution in [3.8, 4) is 11.5 Å². The molecule has 0 fully saturated rings. The van der Waals surface area contributed by atoms with Crippen molar-refractivity contribution in [3.05, 3.63) is 157 Å². The topological polar surface area (TPSA) is 83.6 Å². The maximum absolute atomic E-state index is 10.9. The lowest BCUT2D eigenvalue weighted by Crippen LogP contribution is -2.38. The number of nitrogens with two attached hydrogens (primary N) is 1. The molecule has 5 heteroatoms. The molecule has 4 N–H and O–H groups in total. The minimum atomic E-state index is -2.04. The summed E-state index contributed by atoms with van der Waals surface area (Å²) >= 11 is 0. The van der Waals surface area contributed by atoms with Crippen LogP contribution in [-0.4, -0.2) is 16.1 Å². The Morgan fingerprint density at radius 3 is 1.30 bits per heavy atom. The summed E-state index contributed by atoms with van der Waals surface area (Å²) in [7, 11) is -2.04. The van der Waals surface area contributed by atoms with Gasteiger partial charge in [-0.05, 0) is 83.6 Å². The summed E-state index contributed by atoms with van der Waals surface area (Å²) in [4.78, 5) is 10.9. The second-order valence-electron chi connectivity index (χ2n) is 9.27. The number of primary amides is 1. The molecule has 0 bridgehead atoms. The molecule has 0 unspecified atom stereocenters. The molecule has 6 rings (SSSR count). The van der Waals surface area contributed by atoms with Gasteiger partial charge in [0.2, 0.25) is 0 Å². The van der Waals surface area contributed by atoms with Gasteiger partial charge in [0.1, 0.15) is 40.0 Å². The van der Waals surface area contributed by atoms with Crippen LogP contribution < -0.4 is 27.0 Å². The van der Waals surface area contributed by atoms with E-state index < -0.39 is 13.2 Å². The molecule has 0 aliphatic carbocycles. The van der Waals surface area contributed by atoms with Gasteiger partial charge in [0.15, 0.2) is 0 Å². The molecule has 0 aromatic heterocycles. The third kappa shape index (κ3) is 5.31. The van der Waals surface area contributed by atoms with Gasteiger partial charge in [0.05, 0.1) is 5.56 Å². The molecule has 6 aromatic carbocycles. The van der Waals surface area contributed by atoms with E-state index in [0.717, 1.165) is 10.8 Å². The molecular formula is C35H29NO3P+. The summed E-state index contributed by atoms with van der Waals surface area (Å²) < 4.78 is 0. The van der Waals surface area contributed by atoms with E-state index in [1.807, 2.05) is 24.3 Å². The van der Waals surface area contributed by atoms with Crippen molar-refractivity contribution in [1.82, 2.24) is 0 Å². The largest absolute Gasteiger partial charge is 0.508 e. The van der Waals surface area contributed by atoms with Gasteiger partial charge in [-0.2, -0.15) is 0 Å². The van der Waals surface area contributed by atoms with E-state index >= 15 is 0 Å². The monoisotopic (exact) mass is 542 g/mol. The molecule has 0 spiro atoms. The van der Waals surface area contributed by atoms with Crippen LogP contribution in [0, 0.1) is 0 Å². The van der Waals surface area contributed by atoms with Crippen LogP contribution in [0.3, 0.4) is 0 Å². The normalized spacial score (nSPS) is 10.9. The SMILES string of the molecule is NC(=O)c1cc2ccccc2cc1O.Oc1ccc([P+](c2ccccc2)(c2ccccc2)c2ccccc2)cc1. The number of fused-ring (bicyclic) bond motifs is 1. The van der Waals surface area contributed by atoms with Gasteiger partial charge in [-0.1, -0.05) is 78.9 Å². The lowest BCUT2D eigenvalue weighted by atomic mass is 10.1. The quantitative estimate of drug-likeness (QED) is 0.246. The third-order valence-corrected chi connectivity index (χ3v) is 11.1. The number of carbonyl (C=O) groups excluding carboxylic acids is 1. The highest BCUT2D eigenvalue weighted by atomic mass is 31.2. The van der Waals surface area contributed by atoms with E-state index in [9.17, 15) is 15.0 Å². The van der Waals surface area contributed by atoms with Crippen molar-refractivity contribution in [2.75, 3.05) is 0 Å². The average molecular weight is 543 g/mol. The Hall–Kier alpha value is -4.92. The van der Waals surface area contributed by atoms with E-state index in [1.54, 1.807) is 18.2 Å². The standard InChI is InChI=1S/C24H19OP.C11H9NO2/c25-20-16-18-24(19-17-20)26(21-10-4-1-5-11-21,22-12-6-2-7-13-22)23-14-8-3-9-15-23;12-11(14)9-5-7-3-1-2-4-8(7)6-10(9)13/h1-19H;1-6,13H,(H2,12,14)/p+1. The zero-order valence-electron chi connectivity index (χ0n) is 21.8. The molecule has 0 aliphatic rings. The molecule has 196 valence electrons. The third-order valence-electron chi connectivity index (χ3n) is 6.80. The van der Waals surface area contributed by atoms with Crippen molar-refractivity contribution < 1.29 is 15.0 Å². The van der Waals surface area contributed by atoms with Gasteiger partial charge >= 0.3 is 0 Å². The van der Waals surface area contributed by atoms with Crippen LogP contribution in [0.25, 0.3) is 10.8 Å². The highest BCUT2D eigenvalue weighted by Gasteiger charge is 2.47. The van der Waals surface area contributed by atoms with E-state index in [0.29, 0.717) is 5.75 Å². The number of phenols is 2. The van der Waals surface area contributed by atoms with Crippen LogP contribution in [0.2, 0.25) is 0 Å². The van der Waals surface area contributed by atoms with Crippen LogP contribution >= 0.6 is 7.26 Å². The Bertz CT molecular complexity index is 1630. The molecular weight excluding hydrogens is 513 g/mol. The summed E-state index contributed by atoms with van der Waals surface area (Å²) in [6, 6.07) is 50.5. The Labute approximate surface area is 234 Å². The highest BCUT2D eigenvalue weighted by molar-refractivity contribution is 8.01. The van der Waals surface area contributed by atoms with Crippen LogP contribution in [0.5, 0.6) is 11.5 Å². The molecule has 4 nitrogen and oxygen atoms in total. The van der Waals surface area contributed by atoms with Crippen LogP contribution in [0.15, 0.2) is 152 Å². The van der Waals surface area contributed by atoms with Gasteiger partial charge in [-0.25, -0.2) is 0 Å². The Kier molecular flexibility index (Phi) is 7.91. The average Bonchev–Trinajstić information content (AvgIpc) is 3.00. The van der Waals surface area contributed by atoms with E-state index in [2.05, 4.69) is 103 Å². The first-order valence-corrected chi connectivity index (χ1v) is 14.7. The first-order valence-electron chi connectivity index (χ1n) is 12.9. The van der Waals surface area contributed by atoms with Gasteiger partial charge in [-0.15, -0.1) is 0 Å². The molecule has 1 amide bonds. The first-order chi connectivity index (χ1) is 19.5. The summed E-state index contributed by atoms with van der Waals surface area (Å²) in [5.74, 6) is -0.398. The van der Waals surface area contributed by atoms with E-state index in [1.165, 1.54) is 27.3 Å². The number of carbonyl (C=O) groups is 1. The van der Waals surface area contributed by atoms with E-state index in [-0.39, 0.29) is 11.3 Å². The Balaban J connectivity index is 0.000000194. The van der Waals surface area contributed by atoms with Crippen LogP contribution in [0.4, 0.5) is 0 Å². The molecule has 6 aromatic rings. The van der Waals surface area contributed by atoms with Crippen molar-refractivity contribution in [3.63, 3.8) is 0 Å². The summed E-state index contributed by atoms with van der Waals surface area (Å²) in [5, 5.41) is 26.3. The van der Waals surface area contributed by atoms with Gasteiger partial charge < -0.3 is 15.9 Å². The lowest BCUT2D eigenvalue weighted by Gasteiger charge is -2.27. The zero-order chi connectivity index (χ0) is 28.0. The fourth-order valence-electron chi connectivity index (χ4n) is 4.95. The van der Waals surface area contributed by atoms with Crippen molar-refractivity contribution >= 4 is 45.2 Å². The Morgan fingerprint density at radius 2 is 0.875 bits per heavy atom. The number of amides is 1. The number of hydrogen-bond acceptors (Lipinski definition) is 3. The minimum Gasteiger partial charge on any atom is -0.508 e. The number of benzene rings is 6. The molecule has 0 aliphatic heterocycles.